The summed E-state index contributed by atoms with van der Waals surface area (Å²) < 4.78 is 0. The summed E-state index contributed by atoms with van der Waals surface area (Å²) in [6.45, 7) is 3.75. The molecule has 2 aliphatic rings. The minimum absolute atomic E-state index is 0.000188. The molecule has 16 heavy (non-hydrogen) atoms. The molecule has 3 heteroatoms. The van der Waals surface area contributed by atoms with E-state index in [2.05, 4.69) is 29.7 Å². The van der Waals surface area contributed by atoms with E-state index in [0.29, 0.717) is 5.92 Å². The quantitative estimate of drug-likeness (QED) is 0.544. The van der Waals surface area contributed by atoms with E-state index in [0.717, 1.165) is 37.8 Å². The molecule has 0 aromatic rings. The van der Waals surface area contributed by atoms with Crippen molar-refractivity contribution in [1.82, 2.24) is 10.6 Å². The number of hydrogen-bond donors (Lipinski definition) is 2. The molecule has 0 aromatic carbocycles. The molecule has 2 rings (SSSR count). The fraction of sp³-hybridized carbons (Fsp3) is 0.769. The molecule has 2 aliphatic carbocycles. The van der Waals surface area contributed by atoms with Gasteiger partial charge in [-0.05, 0) is 37.0 Å². The van der Waals surface area contributed by atoms with Gasteiger partial charge in [-0.3, -0.25) is 0 Å². The highest BCUT2D eigenvalue weighted by atomic mass is 16.2. The van der Waals surface area contributed by atoms with Crippen LogP contribution in [0.3, 0.4) is 0 Å². The Labute approximate surface area is 97.7 Å². The van der Waals surface area contributed by atoms with Gasteiger partial charge in [-0.1, -0.05) is 25.5 Å². The maximum Gasteiger partial charge on any atom is 0.314 e. The van der Waals surface area contributed by atoms with Gasteiger partial charge in [0.25, 0.3) is 0 Å². The summed E-state index contributed by atoms with van der Waals surface area (Å²) in [7, 11) is 0. The summed E-state index contributed by atoms with van der Waals surface area (Å²) >= 11 is 0. The van der Waals surface area contributed by atoms with Crippen LogP contribution in [0.15, 0.2) is 12.2 Å². The molecule has 90 valence electrons. The highest BCUT2D eigenvalue weighted by Crippen LogP contribution is 2.42. The summed E-state index contributed by atoms with van der Waals surface area (Å²) in [5.41, 5.74) is 0. The highest BCUT2D eigenvalue weighted by molar-refractivity contribution is 5.73. The van der Waals surface area contributed by atoms with E-state index in [9.17, 15) is 4.79 Å². The minimum Gasteiger partial charge on any atom is -0.338 e. The Morgan fingerprint density at radius 3 is 2.81 bits per heavy atom. The molecule has 0 radical (unpaired) electrons. The summed E-state index contributed by atoms with van der Waals surface area (Å²) in [5, 5.41) is 5.87. The molecule has 1 saturated carbocycles. The Morgan fingerprint density at radius 2 is 2.19 bits per heavy atom. The standard InChI is InChI=1S/C13H22N2O/c1-2-3-6-14-13(16)15-9-12-8-10-4-5-11(12)7-10/h4-5,10-12H,2-3,6-9H2,1H3,(H2,14,15,16). The number of allylic oxidation sites excluding steroid dienone is 2. The van der Waals surface area contributed by atoms with Gasteiger partial charge in [0.2, 0.25) is 0 Å². The minimum atomic E-state index is 0.000188. The van der Waals surface area contributed by atoms with E-state index in [1.807, 2.05) is 0 Å². The molecule has 3 unspecified atom stereocenters. The van der Waals surface area contributed by atoms with Crippen molar-refractivity contribution < 1.29 is 4.79 Å². The Bertz CT molecular complexity index is 275. The van der Waals surface area contributed by atoms with Crippen LogP contribution in [-0.2, 0) is 0 Å². The van der Waals surface area contributed by atoms with Crippen molar-refractivity contribution in [1.29, 1.82) is 0 Å². The number of hydrogen-bond acceptors (Lipinski definition) is 1. The van der Waals surface area contributed by atoms with Crippen LogP contribution in [0.25, 0.3) is 0 Å². The molecule has 2 bridgehead atoms. The number of carbonyl (C=O) groups excluding carboxylic acids is 1. The van der Waals surface area contributed by atoms with E-state index in [1.165, 1.54) is 12.8 Å². The first-order chi connectivity index (χ1) is 7.79. The van der Waals surface area contributed by atoms with Crippen LogP contribution in [0.4, 0.5) is 4.79 Å². The largest absolute Gasteiger partial charge is 0.338 e. The summed E-state index contributed by atoms with van der Waals surface area (Å²) in [6, 6.07) is 0.000188. The predicted octanol–water partition coefficient (Wildman–Crippen LogP) is 2.30. The number of nitrogens with one attached hydrogen (secondary N) is 2. The van der Waals surface area contributed by atoms with Crippen LogP contribution in [0.2, 0.25) is 0 Å². The second kappa shape index (κ2) is 5.37. The number of urea groups is 1. The topological polar surface area (TPSA) is 41.1 Å². The van der Waals surface area contributed by atoms with Gasteiger partial charge in [0.1, 0.15) is 0 Å². The molecule has 1 fully saturated rings. The van der Waals surface area contributed by atoms with Crippen LogP contribution < -0.4 is 10.6 Å². The van der Waals surface area contributed by atoms with Gasteiger partial charge in [0, 0.05) is 13.1 Å². The van der Waals surface area contributed by atoms with Gasteiger partial charge in [-0.25, -0.2) is 4.79 Å². The van der Waals surface area contributed by atoms with Crippen molar-refractivity contribution in [2.24, 2.45) is 17.8 Å². The molecule has 0 spiro atoms. The smallest absolute Gasteiger partial charge is 0.314 e. The Morgan fingerprint density at radius 1 is 1.31 bits per heavy atom. The third-order valence-electron chi connectivity index (χ3n) is 3.76. The fourth-order valence-corrected chi connectivity index (χ4v) is 2.79. The number of unbranched alkanes of at least 4 members (excludes halogenated alkanes) is 1. The zero-order valence-electron chi connectivity index (χ0n) is 10.0. The lowest BCUT2D eigenvalue weighted by Gasteiger charge is -2.18. The highest BCUT2D eigenvalue weighted by Gasteiger charge is 2.35. The maximum absolute atomic E-state index is 11.4. The Hall–Kier alpha value is -0.990. The van der Waals surface area contributed by atoms with Gasteiger partial charge < -0.3 is 10.6 Å². The van der Waals surface area contributed by atoms with E-state index in [-0.39, 0.29) is 6.03 Å². The molecule has 2 N–H and O–H groups in total. The molecular weight excluding hydrogens is 200 g/mol. The molecule has 0 saturated heterocycles. The lowest BCUT2D eigenvalue weighted by atomic mass is 9.94. The van der Waals surface area contributed by atoms with Crippen molar-refractivity contribution in [3.8, 4) is 0 Å². The average Bonchev–Trinajstić information content (AvgIpc) is 2.88. The second-order valence-electron chi connectivity index (χ2n) is 5.03. The lowest BCUT2D eigenvalue weighted by Crippen LogP contribution is -2.39. The van der Waals surface area contributed by atoms with Gasteiger partial charge in [0.15, 0.2) is 0 Å². The second-order valence-corrected chi connectivity index (χ2v) is 5.03. The first kappa shape index (κ1) is 11.5. The zero-order valence-corrected chi connectivity index (χ0v) is 10.0. The molecule has 2 amide bonds. The van der Waals surface area contributed by atoms with Crippen molar-refractivity contribution in [3.05, 3.63) is 12.2 Å². The van der Waals surface area contributed by atoms with Crippen LogP contribution >= 0.6 is 0 Å². The SMILES string of the molecule is CCCCNC(=O)NCC1CC2C=CC1C2. The summed E-state index contributed by atoms with van der Waals surface area (Å²) in [4.78, 5) is 11.4. The van der Waals surface area contributed by atoms with Crippen LogP contribution in [0.1, 0.15) is 32.6 Å². The van der Waals surface area contributed by atoms with Crippen molar-refractivity contribution in [2.45, 2.75) is 32.6 Å². The molecule has 3 nitrogen and oxygen atoms in total. The number of fused-ring (bicyclic) bond motifs is 2. The average molecular weight is 222 g/mol. The molecule has 0 aromatic heterocycles. The summed E-state index contributed by atoms with van der Waals surface area (Å²) in [6.07, 6.45) is 9.42. The molecule has 0 heterocycles. The molecule has 0 aliphatic heterocycles. The Balaban J connectivity index is 1.61. The third-order valence-corrected chi connectivity index (χ3v) is 3.76. The van der Waals surface area contributed by atoms with Gasteiger partial charge in [0.05, 0.1) is 0 Å². The number of carbonyl (C=O) groups is 1. The summed E-state index contributed by atoms with van der Waals surface area (Å²) in [5.74, 6) is 2.19. The van der Waals surface area contributed by atoms with E-state index < -0.39 is 0 Å². The van der Waals surface area contributed by atoms with Crippen LogP contribution in [-0.4, -0.2) is 19.1 Å². The van der Waals surface area contributed by atoms with Gasteiger partial charge in [-0.2, -0.15) is 0 Å². The normalized spacial score (nSPS) is 30.7. The number of rotatable bonds is 5. The predicted molar refractivity (Wildman–Crippen MR) is 65.2 cm³/mol. The monoisotopic (exact) mass is 222 g/mol. The fourth-order valence-electron chi connectivity index (χ4n) is 2.79. The van der Waals surface area contributed by atoms with Gasteiger partial charge >= 0.3 is 6.03 Å². The third kappa shape index (κ3) is 2.77. The van der Waals surface area contributed by atoms with Crippen LogP contribution in [0.5, 0.6) is 0 Å². The molecule has 3 atom stereocenters. The lowest BCUT2D eigenvalue weighted by molar-refractivity contribution is 0.237. The van der Waals surface area contributed by atoms with E-state index in [4.69, 9.17) is 0 Å². The number of amides is 2. The van der Waals surface area contributed by atoms with Crippen LogP contribution in [0, 0.1) is 17.8 Å². The van der Waals surface area contributed by atoms with E-state index >= 15 is 0 Å². The Kier molecular flexibility index (Phi) is 3.86. The van der Waals surface area contributed by atoms with E-state index in [1.54, 1.807) is 0 Å². The van der Waals surface area contributed by atoms with Gasteiger partial charge in [-0.15, -0.1) is 0 Å². The molecular formula is C13H22N2O. The van der Waals surface area contributed by atoms with Crippen molar-refractivity contribution in [2.75, 3.05) is 13.1 Å². The first-order valence-corrected chi connectivity index (χ1v) is 6.49. The zero-order chi connectivity index (χ0) is 11.4. The van der Waals surface area contributed by atoms with Crippen molar-refractivity contribution >= 4 is 6.03 Å². The first-order valence-electron chi connectivity index (χ1n) is 6.49. The van der Waals surface area contributed by atoms with Crippen molar-refractivity contribution in [3.63, 3.8) is 0 Å². The maximum atomic E-state index is 11.4.